The largest absolute Gasteiger partial charge is 0.497 e. The Hall–Kier alpha value is -2.74. The van der Waals surface area contributed by atoms with Crippen molar-refractivity contribution in [3.63, 3.8) is 0 Å². The minimum Gasteiger partial charge on any atom is -0.497 e. The smallest absolute Gasteiger partial charge is 0.169 e. The number of nitrogens with zero attached hydrogens (tertiary/aromatic N) is 1. The first-order valence-electron chi connectivity index (χ1n) is 11.6. The van der Waals surface area contributed by atoms with Gasteiger partial charge < -0.3 is 19.9 Å². The van der Waals surface area contributed by atoms with Crippen molar-refractivity contribution in [2.45, 2.75) is 39.2 Å². The third-order valence-electron chi connectivity index (χ3n) is 5.49. The second-order valence-electron chi connectivity index (χ2n) is 8.32. The molecule has 0 radical (unpaired) electrons. The number of hydrogen-bond acceptors (Lipinski definition) is 6. The number of halogens is 1. The molecule has 0 saturated carbocycles. The molecule has 0 spiro atoms. The van der Waals surface area contributed by atoms with Crippen LogP contribution < -0.4 is 5.32 Å². The molecule has 6 nitrogen and oxygen atoms in total. The quantitative estimate of drug-likeness (QED) is 0.469. The summed E-state index contributed by atoms with van der Waals surface area (Å²) in [6.07, 6.45) is 11.6. The van der Waals surface area contributed by atoms with Crippen LogP contribution in [0.15, 0.2) is 82.7 Å². The number of ether oxygens (including phenoxy) is 2. The molecule has 0 aromatic carbocycles. The zero-order valence-corrected chi connectivity index (χ0v) is 20.7. The summed E-state index contributed by atoms with van der Waals surface area (Å²) in [5.41, 5.74) is 2.40. The topological polar surface area (TPSA) is 71.0 Å². The van der Waals surface area contributed by atoms with E-state index in [1.54, 1.807) is 13.2 Å². The maximum atomic E-state index is 15.2. The molecule has 0 aromatic heterocycles. The highest BCUT2D eigenvalue weighted by atomic mass is 19.1. The fourth-order valence-corrected chi connectivity index (χ4v) is 3.67. The minimum atomic E-state index is -0.518. The van der Waals surface area contributed by atoms with E-state index in [1.807, 2.05) is 50.1 Å². The van der Waals surface area contributed by atoms with Crippen LogP contribution in [-0.4, -0.2) is 62.4 Å². The van der Waals surface area contributed by atoms with Gasteiger partial charge in [-0.05, 0) is 50.6 Å². The Kier molecular flexibility index (Phi) is 11.2. The molecular formula is C27H37FN2O4. The molecule has 0 amide bonds. The molecule has 34 heavy (non-hydrogen) atoms. The average molecular weight is 473 g/mol. The van der Waals surface area contributed by atoms with Gasteiger partial charge in [0.2, 0.25) is 0 Å². The van der Waals surface area contributed by atoms with Crippen LogP contribution in [0.4, 0.5) is 4.39 Å². The molecule has 0 saturated heterocycles. The van der Waals surface area contributed by atoms with E-state index in [1.165, 1.54) is 6.08 Å². The van der Waals surface area contributed by atoms with Crippen LogP contribution in [0.2, 0.25) is 0 Å². The van der Waals surface area contributed by atoms with Crippen LogP contribution in [-0.2, 0) is 14.3 Å². The minimum absolute atomic E-state index is 0.0133. The normalized spacial score (nSPS) is 19.6. The molecule has 0 fully saturated rings. The van der Waals surface area contributed by atoms with E-state index < -0.39 is 5.83 Å². The van der Waals surface area contributed by atoms with Gasteiger partial charge in [-0.2, -0.15) is 0 Å². The molecule has 1 unspecified atom stereocenters. The Labute approximate surface area is 202 Å². The maximum absolute atomic E-state index is 15.2. The van der Waals surface area contributed by atoms with Crippen LogP contribution in [0.25, 0.3) is 0 Å². The number of allylic oxidation sites excluding steroid dienone is 9. The Bertz CT molecular complexity index is 940. The van der Waals surface area contributed by atoms with Gasteiger partial charge in [-0.25, -0.2) is 4.39 Å². The van der Waals surface area contributed by atoms with Crippen LogP contribution in [0, 0.1) is 0 Å². The lowest BCUT2D eigenvalue weighted by Gasteiger charge is -2.21. The van der Waals surface area contributed by atoms with Gasteiger partial charge in [-0.1, -0.05) is 31.7 Å². The number of hydrogen-bond donors (Lipinski definition) is 2. The van der Waals surface area contributed by atoms with Crippen molar-refractivity contribution in [3.8, 4) is 0 Å². The van der Waals surface area contributed by atoms with Gasteiger partial charge in [0.15, 0.2) is 5.78 Å². The fraction of sp³-hybridized carbons (Fsp3) is 0.444. The first-order chi connectivity index (χ1) is 16.3. The summed E-state index contributed by atoms with van der Waals surface area (Å²) in [5, 5.41) is 12.5. The number of Topliss-reactive ketones (excluding diaryl/α,β-unsaturated/α-hetero) is 1. The first kappa shape index (κ1) is 27.5. The Morgan fingerprint density at radius 3 is 2.82 bits per heavy atom. The van der Waals surface area contributed by atoms with Crippen molar-refractivity contribution in [2.75, 3.05) is 40.5 Å². The molecule has 2 rings (SSSR count). The van der Waals surface area contributed by atoms with Crippen molar-refractivity contribution in [3.05, 3.63) is 82.7 Å². The van der Waals surface area contributed by atoms with Crippen LogP contribution in [0.1, 0.15) is 33.1 Å². The summed E-state index contributed by atoms with van der Waals surface area (Å²) < 4.78 is 26.1. The molecule has 1 heterocycles. The molecule has 2 aliphatic rings. The molecule has 7 heteroatoms. The van der Waals surface area contributed by atoms with E-state index >= 15 is 4.39 Å². The maximum Gasteiger partial charge on any atom is 0.169 e. The lowest BCUT2D eigenvalue weighted by atomic mass is 9.94. The molecule has 2 N–H and O–H groups in total. The van der Waals surface area contributed by atoms with Gasteiger partial charge in [0.25, 0.3) is 0 Å². The van der Waals surface area contributed by atoms with Crippen molar-refractivity contribution in [1.29, 1.82) is 0 Å². The Morgan fingerprint density at radius 1 is 1.38 bits per heavy atom. The Balaban J connectivity index is 2.42. The van der Waals surface area contributed by atoms with E-state index in [-0.39, 0.29) is 30.5 Å². The number of carbonyl (C=O) groups excluding carboxylic acids is 1. The molecule has 0 bridgehead atoms. The average Bonchev–Trinajstić information content (AvgIpc) is 3.10. The van der Waals surface area contributed by atoms with Crippen molar-refractivity contribution in [1.82, 2.24) is 10.2 Å². The molecule has 1 aliphatic carbocycles. The predicted molar refractivity (Wildman–Crippen MR) is 133 cm³/mol. The van der Waals surface area contributed by atoms with Gasteiger partial charge in [0, 0.05) is 48.7 Å². The zero-order valence-electron chi connectivity index (χ0n) is 20.7. The number of likely N-dealkylation sites (N-methyl/N-ethyl adjacent to an activating group) is 1. The van der Waals surface area contributed by atoms with Gasteiger partial charge >= 0.3 is 0 Å². The number of aliphatic hydroxyl groups is 1. The standard InChI is InChI=1S/C27H37FN2O4/c1-6-16-34-19(2)10-13-24(28)23-17-26(32)27(21-8-7-9-22(33-5)12-11-21)25(29-20(23)3)18-30(4)14-15-31/h8-13,19,29,31H,3,6-7,14-18H2,1-2,4-5H3/b13-10-,24-23+. The number of carbonyl (C=O) groups is 1. The van der Waals surface area contributed by atoms with Gasteiger partial charge in [-0.15, -0.1) is 0 Å². The molecular weight excluding hydrogens is 435 g/mol. The molecule has 1 aliphatic heterocycles. The van der Waals surface area contributed by atoms with Gasteiger partial charge in [0.1, 0.15) is 11.6 Å². The van der Waals surface area contributed by atoms with Crippen molar-refractivity contribution >= 4 is 5.78 Å². The zero-order chi connectivity index (χ0) is 25.1. The monoisotopic (exact) mass is 472 g/mol. The highest BCUT2D eigenvalue weighted by Crippen LogP contribution is 2.31. The SMILES string of the molecule is C=C1NC(CN(C)CCO)=C(C2=CCC=C(OC)C=C2)C(=O)C/C1=C(F)/C=C\C(C)OCCC. The number of methoxy groups -OCH3 is 1. The number of aliphatic hydroxyl groups excluding tert-OH is 1. The number of nitrogens with one attached hydrogen (secondary N) is 1. The molecule has 0 aromatic rings. The molecule has 1 atom stereocenters. The van der Waals surface area contributed by atoms with Crippen molar-refractivity contribution < 1.29 is 23.8 Å². The summed E-state index contributed by atoms with van der Waals surface area (Å²) in [6.45, 7) is 9.25. The number of ketones is 1. The number of rotatable bonds is 11. The van der Waals surface area contributed by atoms with Gasteiger partial charge in [0.05, 0.1) is 19.8 Å². The lowest BCUT2D eigenvalue weighted by Crippen LogP contribution is -2.30. The fourth-order valence-electron chi connectivity index (χ4n) is 3.67. The first-order valence-corrected chi connectivity index (χ1v) is 11.6. The van der Waals surface area contributed by atoms with E-state index in [4.69, 9.17) is 9.47 Å². The van der Waals surface area contributed by atoms with E-state index in [2.05, 4.69) is 11.9 Å². The third-order valence-corrected chi connectivity index (χ3v) is 5.49. The van der Waals surface area contributed by atoms with Gasteiger partial charge in [-0.3, -0.25) is 9.69 Å². The third kappa shape index (κ3) is 7.94. The predicted octanol–water partition coefficient (Wildman–Crippen LogP) is 4.25. The van der Waals surface area contributed by atoms with E-state index in [0.29, 0.717) is 48.8 Å². The Morgan fingerprint density at radius 2 is 2.15 bits per heavy atom. The van der Waals surface area contributed by atoms with Crippen LogP contribution in [0.5, 0.6) is 0 Å². The van der Waals surface area contributed by atoms with E-state index in [0.717, 1.165) is 12.0 Å². The lowest BCUT2D eigenvalue weighted by molar-refractivity contribution is -0.114. The van der Waals surface area contributed by atoms with Crippen LogP contribution in [0.3, 0.4) is 0 Å². The summed E-state index contributed by atoms with van der Waals surface area (Å²) in [7, 11) is 3.44. The summed E-state index contributed by atoms with van der Waals surface area (Å²) in [5.74, 6) is -0.0135. The van der Waals surface area contributed by atoms with Crippen LogP contribution >= 0.6 is 0 Å². The second-order valence-corrected chi connectivity index (χ2v) is 8.32. The molecule has 186 valence electrons. The van der Waals surface area contributed by atoms with Crippen molar-refractivity contribution in [2.24, 2.45) is 0 Å². The highest BCUT2D eigenvalue weighted by molar-refractivity contribution is 6.03. The summed E-state index contributed by atoms with van der Waals surface area (Å²) in [6, 6.07) is 0. The summed E-state index contributed by atoms with van der Waals surface area (Å²) in [4.78, 5) is 15.4. The second kappa shape index (κ2) is 13.8. The van der Waals surface area contributed by atoms with E-state index in [9.17, 15) is 9.90 Å². The summed E-state index contributed by atoms with van der Waals surface area (Å²) >= 11 is 0. The highest BCUT2D eigenvalue weighted by Gasteiger charge is 2.27.